The predicted octanol–water partition coefficient (Wildman–Crippen LogP) is 0.0545. The highest BCUT2D eigenvalue weighted by Crippen LogP contribution is 2.28. The van der Waals surface area contributed by atoms with Gasteiger partial charge in [-0.25, -0.2) is 0 Å². The summed E-state index contributed by atoms with van der Waals surface area (Å²) in [5.41, 5.74) is 5.74. The van der Waals surface area contributed by atoms with Gasteiger partial charge in [0.1, 0.15) is 0 Å². The quantitative estimate of drug-likeness (QED) is 0.682. The zero-order valence-corrected chi connectivity index (χ0v) is 9.91. The molecule has 0 bridgehead atoms. The van der Waals surface area contributed by atoms with Gasteiger partial charge in [0.05, 0.1) is 13.2 Å². The number of aliphatic hydroxyl groups is 1. The lowest BCUT2D eigenvalue weighted by atomic mass is 9.81. The van der Waals surface area contributed by atoms with E-state index >= 15 is 0 Å². The average Bonchev–Trinajstić information content (AvgIpc) is 2.31. The zero-order valence-electron chi connectivity index (χ0n) is 9.91. The van der Waals surface area contributed by atoms with Crippen LogP contribution in [0.5, 0.6) is 0 Å². The number of aliphatic hydroxyl groups excluding tert-OH is 1. The van der Waals surface area contributed by atoms with Gasteiger partial charge in [0.25, 0.3) is 0 Å². The van der Waals surface area contributed by atoms with E-state index in [2.05, 4.69) is 18.7 Å². The van der Waals surface area contributed by atoms with Gasteiger partial charge in [-0.3, -0.25) is 4.90 Å². The second-order valence-corrected chi connectivity index (χ2v) is 4.43. The number of hydrogen-bond donors (Lipinski definition) is 2. The Morgan fingerprint density at radius 2 is 2.07 bits per heavy atom. The molecule has 0 unspecified atom stereocenters. The minimum Gasteiger partial charge on any atom is -0.396 e. The fourth-order valence-corrected chi connectivity index (χ4v) is 2.37. The molecular weight excluding hydrogens is 192 g/mol. The molecule has 2 atom stereocenters. The van der Waals surface area contributed by atoms with Crippen LogP contribution in [-0.4, -0.2) is 55.0 Å². The van der Waals surface area contributed by atoms with Gasteiger partial charge in [-0.2, -0.15) is 0 Å². The molecule has 0 saturated carbocycles. The first-order valence-corrected chi connectivity index (χ1v) is 5.82. The summed E-state index contributed by atoms with van der Waals surface area (Å²) in [5.74, 6) is 0.153. The summed E-state index contributed by atoms with van der Waals surface area (Å²) >= 11 is 0. The van der Waals surface area contributed by atoms with Crippen LogP contribution in [0, 0.1) is 5.92 Å². The van der Waals surface area contributed by atoms with Crippen molar-refractivity contribution >= 4 is 0 Å². The third-order valence-electron chi connectivity index (χ3n) is 3.83. The summed E-state index contributed by atoms with van der Waals surface area (Å²) in [7, 11) is 0. The van der Waals surface area contributed by atoms with Gasteiger partial charge in [0.15, 0.2) is 0 Å². The van der Waals surface area contributed by atoms with Gasteiger partial charge in [-0.15, -0.1) is 0 Å². The van der Waals surface area contributed by atoms with E-state index in [9.17, 15) is 5.11 Å². The summed E-state index contributed by atoms with van der Waals surface area (Å²) in [6, 6.07) is 0. The normalized spacial score (nSPS) is 24.8. The van der Waals surface area contributed by atoms with E-state index in [0.717, 1.165) is 32.7 Å². The van der Waals surface area contributed by atoms with Crippen molar-refractivity contribution in [3.05, 3.63) is 0 Å². The molecule has 1 aliphatic rings. The second-order valence-electron chi connectivity index (χ2n) is 4.43. The van der Waals surface area contributed by atoms with E-state index < -0.39 is 0 Å². The van der Waals surface area contributed by atoms with Crippen LogP contribution in [-0.2, 0) is 4.74 Å². The van der Waals surface area contributed by atoms with Gasteiger partial charge in [-0.1, -0.05) is 6.92 Å². The molecule has 0 amide bonds. The van der Waals surface area contributed by atoms with E-state index in [0.29, 0.717) is 6.54 Å². The topological polar surface area (TPSA) is 58.7 Å². The number of ether oxygens (including phenoxy) is 1. The molecule has 0 aliphatic carbocycles. The maximum atomic E-state index is 9.39. The Bertz CT molecular complexity index is 179. The van der Waals surface area contributed by atoms with Crippen molar-refractivity contribution in [1.29, 1.82) is 0 Å². The molecule has 0 aromatic heterocycles. The number of rotatable bonds is 5. The molecule has 90 valence electrons. The first-order chi connectivity index (χ1) is 7.19. The zero-order chi connectivity index (χ0) is 11.3. The van der Waals surface area contributed by atoms with Crippen LogP contribution in [0.1, 0.15) is 20.3 Å². The standard InChI is InChI=1S/C11H24N2O2/c1-3-11(2,10(8-12)9-14)13-4-6-15-7-5-13/h10,14H,3-9,12H2,1-2H3/t10-,11+/m1/s1. The van der Waals surface area contributed by atoms with Crippen LogP contribution in [0.25, 0.3) is 0 Å². The van der Waals surface area contributed by atoms with Gasteiger partial charge < -0.3 is 15.6 Å². The molecule has 4 nitrogen and oxygen atoms in total. The van der Waals surface area contributed by atoms with Crippen LogP contribution in [0.3, 0.4) is 0 Å². The molecule has 0 spiro atoms. The molecule has 1 heterocycles. The van der Waals surface area contributed by atoms with E-state index in [1.54, 1.807) is 0 Å². The van der Waals surface area contributed by atoms with Crippen LogP contribution in [0.15, 0.2) is 0 Å². The fraction of sp³-hybridized carbons (Fsp3) is 1.00. The third kappa shape index (κ3) is 2.69. The Hall–Kier alpha value is -0.160. The Morgan fingerprint density at radius 1 is 1.47 bits per heavy atom. The Labute approximate surface area is 92.4 Å². The summed E-state index contributed by atoms with van der Waals surface area (Å²) in [4.78, 5) is 2.41. The molecule has 1 saturated heterocycles. The molecule has 1 rings (SSSR count). The lowest BCUT2D eigenvalue weighted by molar-refractivity contribution is -0.0494. The van der Waals surface area contributed by atoms with Crippen molar-refractivity contribution in [2.75, 3.05) is 39.5 Å². The molecule has 1 fully saturated rings. The lowest BCUT2D eigenvalue weighted by Crippen LogP contribution is -2.57. The van der Waals surface area contributed by atoms with E-state index in [4.69, 9.17) is 10.5 Å². The number of nitrogens with zero attached hydrogens (tertiary/aromatic N) is 1. The lowest BCUT2D eigenvalue weighted by Gasteiger charge is -2.47. The predicted molar refractivity (Wildman–Crippen MR) is 60.7 cm³/mol. The Balaban J connectivity index is 2.71. The number of hydrogen-bond acceptors (Lipinski definition) is 4. The molecule has 4 heteroatoms. The Morgan fingerprint density at radius 3 is 2.47 bits per heavy atom. The first kappa shape index (κ1) is 12.9. The maximum absolute atomic E-state index is 9.39. The van der Waals surface area contributed by atoms with E-state index in [-0.39, 0.29) is 18.1 Å². The molecular formula is C11H24N2O2. The van der Waals surface area contributed by atoms with Gasteiger partial charge in [0, 0.05) is 31.2 Å². The molecule has 3 N–H and O–H groups in total. The van der Waals surface area contributed by atoms with Gasteiger partial charge >= 0.3 is 0 Å². The number of nitrogens with two attached hydrogens (primary N) is 1. The van der Waals surface area contributed by atoms with Crippen LogP contribution >= 0.6 is 0 Å². The summed E-state index contributed by atoms with van der Waals surface area (Å²) in [6.45, 7) is 8.54. The molecule has 0 aromatic rings. The summed E-state index contributed by atoms with van der Waals surface area (Å²) in [5, 5.41) is 9.39. The molecule has 0 aromatic carbocycles. The summed E-state index contributed by atoms with van der Waals surface area (Å²) in [6.07, 6.45) is 1.01. The molecule has 0 radical (unpaired) electrons. The van der Waals surface area contributed by atoms with Crippen molar-refractivity contribution in [3.8, 4) is 0 Å². The van der Waals surface area contributed by atoms with Crippen molar-refractivity contribution in [3.63, 3.8) is 0 Å². The van der Waals surface area contributed by atoms with Gasteiger partial charge in [-0.05, 0) is 19.9 Å². The minimum atomic E-state index is 0.00722. The largest absolute Gasteiger partial charge is 0.396 e. The van der Waals surface area contributed by atoms with E-state index in [1.165, 1.54) is 0 Å². The van der Waals surface area contributed by atoms with Crippen molar-refractivity contribution in [2.24, 2.45) is 11.7 Å². The molecule has 1 aliphatic heterocycles. The summed E-state index contributed by atoms with van der Waals surface area (Å²) < 4.78 is 5.35. The van der Waals surface area contributed by atoms with Crippen LogP contribution in [0.2, 0.25) is 0 Å². The highest BCUT2D eigenvalue weighted by molar-refractivity contribution is 4.92. The third-order valence-corrected chi connectivity index (χ3v) is 3.83. The second kappa shape index (κ2) is 5.80. The monoisotopic (exact) mass is 216 g/mol. The van der Waals surface area contributed by atoms with E-state index in [1.807, 2.05) is 0 Å². The first-order valence-electron chi connectivity index (χ1n) is 5.82. The Kier molecular flexibility index (Phi) is 4.99. The smallest absolute Gasteiger partial charge is 0.0594 e. The fourth-order valence-electron chi connectivity index (χ4n) is 2.37. The average molecular weight is 216 g/mol. The van der Waals surface area contributed by atoms with Gasteiger partial charge in [0.2, 0.25) is 0 Å². The van der Waals surface area contributed by atoms with Crippen molar-refractivity contribution in [1.82, 2.24) is 4.90 Å². The van der Waals surface area contributed by atoms with Crippen LogP contribution in [0.4, 0.5) is 0 Å². The van der Waals surface area contributed by atoms with Crippen molar-refractivity contribution < 1.29 is 9.84 Å². The SMILES string of the molecule is CC[C@@](C)([C@H](CN)CO)N1CCOCC1. The molecule has 15 heavy (non-hydrogen) atoms. The highest BCUT2D eigenvalue weighted by atomic mass is 16.5. The van der Waals surface area contributed by atoms with Crippen LogP contribution < -0.4 is 5.73 Å². The number of morpholine rings is 1. The van der Waals surface area contributed by atoms with Crippen molar-refractivity contribution in [2.45, 2.75) is 25.8 Å². The highest BCUT2D eigenvalue weighted by Gasteiger charge is 2.37. The minimum absolute atomic E-state index is 0.00722. The maximum Gasteiger partial charge on any atom is 0.0594 e.